The Morgan fingerprint density at radius 2 is 2.00 bits per heavy atom. The van der Waals surface area contributed by atoms with Gasteiger partial charge in [0.2, 0.25) is 11.4 Å². The van der Waals surface area contributed by atoms with Gasteiger partial charge >= 0.3 is 5.97 Å². The Labute approximate surface area is 109 Å². The molecule has 0 spiro atoms. The molecule has 0 bridgehead atoms. The predicted molar refractivity (Wildman–Crippen MR) is 64.2 cm³/mol. The number of hydrogen-bond acceptors (Lipinski definition) is 5. The van der Waals surface area contributed by atoms with Gasteiger partial charge in [0.15, 0.2) is 5.78 Å². The lowest BCUT2D eigenvalue weighted by Gasteiger charge is -2.21. The normalized spacial score (nSPS) is 26.1. The molecule has 1 aromatic carbocycles. The van der Waals surface area contributed by atoms with Crippen molar-refractivity contribution in [1.29, 1.82) is 0 Å². The second-order valence-corrected chi connectivity index (χ2v) is 4.25. The molecule has 2 N–H and O–H groups in total. The summed E-state index contributed by atoms with van der Waals surface area (Å²) in [5.41, 5.74) is -1.52. The maximum Gasteiger partial charge on any atom is 0.341 e. The summed E-state index contributed by atoms with van der Waals surface area (Å²) in [6, 6.07) is 8.36. The van der Waals surface area contributed by atoms with Crippen LogP contribution in [0, 0.1) is 0 Å². The summed E-state index contributed by atoms with van der Waals surface area (Å²) < 4.78 is 4.50. The molecule has 6 nitrogen and oxygen atoms in total. The first-order valence-corrected chi connectivity index (χ1v) is 5.67. The molecule has 19 heavy (non-hydrogen) atoms. The fourth-order valence-corrected chi connectivity index (χ4v) is 2.17. The molecule has 1 saturated heterocycles. The van der Waals surface area contributed by atoms with Crippen LogP contribution in [0.25, 0.3) is 0 Å². The molecule has 1 aliphatic heterocycles. The maximum absolute atomic E-state index is 12.3. The van der Waals surface area contributed by atoms with Crippen LogP contribution in [0.15, 0.2) is 30.3 Å². The number of aliphatic hydroxyl groups excluding tert-OH is 1. The van der Waals surface area contributed by atoms with E-state index >= 15 is 0 Å². The molecule has 1 amide bonds. The van der Waals surface area contributed by atoms with Gasteiger partial charge in [0, 0.05) is 0 Å². The summed E-state index contributed by atoms with van der Waals surface area (Å²) in [7, 11) is 1.09. The molecule has 1 aromatic rings. The Kier molecular flexibility index (Phi) is 3.35. The molecule has 1 aliphatic rings. The fraction of sp³-hybridized carbons (Fsp3) is 0.308. The van der Waals surface area contributed by atoms with Gasteiger partial charge in [0.05, 0.1) is 13.7 Å². The summed E-state index contributed by atoms with van der Waals surface area (Å²) in [6.45, 7) is -0.826. The van der Waals surface area contributed by atoms with Gasteiger partial charge in [-0.1, -0.05) is 30.3 Å². The largest absolute Gasteiger partial charge is 0.467 e. The molecule has 0 unspecified atom stereocenters. The zero-order chi connectivity index (χ0) is 14.0. The van der Waals surface area contributed by atoms with Crippen LogP contribution in [-0.4, -0.2) is 42.0 Å². The number of Topliss-reactive ketones (excluding diaryl/α,β-unsaturated/α-hetero) is 1. The second kappa shape index (κ2) is 4.81. The van der Waals surface area contributed by atoms with Crippen LogP contribution < -0.4 is 5.32 Å². The number of amides is 1. The third kappa shape index (κ3) is 1.90. The third-order valence-corrected chi connectivity index (χ3v) is 3.19. The van der Waals surface area contributed by atoms with Gasteiger partial charge in [-0.25, -0.2) is 4.79 Å². The molecule has 0 aliphatic carbocycles. The number of nitrogens with one attached hydrogen (secondary N) is 1. The number of rotatable bonds is 3. The second-order valence-electron chi connectivity index (χ2n) is 4.25. The van der Waals surface area contributed by atoms with Gasteiger partial charge in [-0.2, -0.15) is 0 Å². The molecule has 0 saturated carbocycles. The Morgan fingerprint density at radius 3 is 2.53 bits per heavy atom. The molecule has 2 rings (SSSR count). The van der Waals surface area contributed by atoms with Crippen LogP contribution in [0.5, 0.6) is 0 Å². The van der Waals surface area contributed by atoms with E-state index in [-0.39, 0.29) is 0 Å². The fourth-order valence-electron chi connectivity index (χ4n) is 2.17. The Bertz CT molecular complexity index is 527. The number of esters is 1. The van der Waals surface area contributed by atoms with Crippen molar-refractivity contribution >= 4 is 17.7 Å². The minimum absolute atomic E-state index is 0.476. The molecule has 1 fully saturated rings. The van der Waals surface area contributed by atoms with Crippen LogP contribution in [0.4, 0.5) is 0 Å². The van der Waals surface area contributed by atoms with E-state index < -0.39 is 35.7 Å². The Morgan fingerprint density at radius 1 is 1.37 bits per heavy atom. The van der Waals surface area contributed by atoms with Crippen LogP contribution in [0.3, 0.4) is 0 Å². The van der Waals surface area contributed by atoms with Crippen LogP contribution in [-0.2, 0) is 19.1 Å². The highest BCUT2D eigenvalue weighted by Gasteiger charge is 2.58. The van der Waals surface area contributed by atoms with E-state index in [0.717, 1.165) is 7.11 Å². The van der Waals surface area contributed by atoms with Gasteiger partial charge in [0.25, 0.3) is 0 Å². The monoisotopic (exact) mass is 263 g/mol. The minimum Gasteiger partial charge on any atom is -0.467 e. The molecular weight excluding hydrogens is 250 g/mol. The van der Waals surface area contributed by atoms with E-state index in [9.17, 15) is 19.5 Å². The van der Waals surface area contributed by atoms with Crippen molar-refractivity contribution in [2.75, 3.05) is 13.7 Å². The summed E-state index contributed by atoms with van der Waals surface area (Å²) in [4.78, 5) is 35.9. The number of methoxy groups -OCH3 is 1. The molecule has 100 valence electrons. The smallest absolute Gasteiger partial charge is 0.341 e. The number of carbonyl (C=O) groups excluding carboxylic acids is 3. The predicted octanol–water partition coefficient (Wildman–Crippen LogP) is -0.627. The van der Waals surface area contributed by atoms with E-state index in [4.69, 9.17) is 0 Å². The maximum atomic E-state index is 12.3. The molecule has 2 atom stereocenters. The SMILES string of the molecule is COC(=O)[C@]1(CO)NC(=O)[C@@H](c2ccccc2)C1=O. The van der Waals surface area contributed by atoms with Gasteiger partial charge in [-0.3, -0.25) is 9.59 Å². The summed E-state index contributed by atoms with van der Waals surface area (Å²) in [6.07, 6.45) is 0. The van der Waals surface area contributed by atoms with E-state index in [2.05, 4.69) is 10.1 Å². The standard InChI is InChI=1S/C13H13NO5/c1-19-12(18)13(7-15)10(16)9(11(17)14-13)8-5-3-2-4-6-8/h2-6,9,15H,7H2,1H3,(H,14,17)/t9-,13+/m0/s1. The van der Waals surface area contributed by atoms with Crippen molar-refractivity contribution in [3.8, 4) is 0 Å². The zero-order valence-electron chi connectivity index (χ0n) is 10.3. The highest BCUT2D eigenvalue weighted by Crippen LogP contribution is 2.30. The number of ether oxygens (including phenoxy) is 1. The van der Waals surface area contributed by atoms with E-state index in [0.29, 0.717) is 5.56 Å². The van der Waals surface area contributed by atoms with Crippen LogP contribution >= 0.6 is 0 Å². The molecule has 1 heterocycles. The Balaban J connectivity index is 2.43. The first kappa shape index (κ1) is 13.2. The molecular formula is C13H13NO5. The van der Waals surface area contributed by atoms with E-state index in [1.807, 2.05) is 0 Å². The number of carbonyl (C=O) groups is 3. The quantitative estimate of drug-likeness (QED) is 0.559. The lowest BCUT2D eigenvalue weighted by molar-refractivity contribution is -0.154. The van der Waals surface area contributed by atoms with Gasteiger partial charge < -0.3 is 15.2 Å². The molecule has 6 heteroatoms. The van der Waals surface area contributed by atoms with Gasteiger partial charge in [-0.05, 0) is 5.56 Å². The van der Waals surface area contributed by atoms with Crippen molar-refractivity contribution in [3.63, 3.8) is 0 Å². The first-order valence-electron chi connectivity index (χ1n) is 5.67. The molecule has 0 aromatic heterocycles. The number of benzene rings is 1. The van der Waals surface area contributed by atoms with E-state index in [1.165, 1.54) is 0 Å². The minimum atomic E-state index is -1.99. The first-order chi connectivity index (χ1) is 9.06. The van der Waals surface area contributed by atoms with Crippen molar-refractivity contribution in [3.05, 3.63) is 35.9 Å². The highest BCUT2D eigenvalue weighted by molar-refractivity contribution is 6.26. The lowest BCUT2D eigenvalue weighted by atomic mass is 9.87. The lowest BCUT2D eigenvalue weighted by Crippen LogP contribution is -2.57. The average Bonchev–Trinajstić information content (AvgIpc) is 2.70. The number of aliphatic hydroxyl groups is 1. The third-order valence-electron chi connectivity index (χ3n) is 3.19. The van der Waals surface area contributed by atoms with Crippen molar-refractivity contribution in [2.24, 2.45) is 0 Å². The summed E-state index contributed by atoms with van der Waals surface area (Å²) in [5, 5.41) is 11.6. The van der Waals surface area contributed by atoms with Gasteiger partial charge in [-0.15, -0.1) is 0 Å². The number of hydrogen-bond donors (Lipinski definition) is 2. The van der Waals surface area contributed by atoms with Crippen molar-refractivity contribution < 1.29 is 24.2 Å². The summed E-state index contributed by atoms with van der Waals surface area (Å²) in [5.74, 6) is -3.38. The summed E-state index contributed by atoms with van der Waals surface area (Å²) >= 11 is 0. The van der Waals surface area contributed by atoms with Crippen molar-refractivity contribution in [2.45, 2.75) is 11.5 Å². The van der Waals surface area contributed by atoms with Crippen LogP contribution in [0.2, 0.25) is 0 Å². The molecule has 0 radical (unpaired) electrons. The van der Waals surface area contributed by atoms with E-state index in [1.54, 1.807) is 30.3 Å². The highest BCUT2D eigenvalue weighted by atomic mass is 16.5. The Hall–Kier alpha value is -2.21. The zero-order valence-corrected chi connectivity index (χ0v) is 10.3. The number of ketones is 1. The van der Waals surface area contributed by atoms with Gasteiger partial charge in [0.1, 0.15) is 5.92 Å². The average molecular weight is 263 g/mol. The topological polar surface area (TPSA) is 92.7 Å². The van der Waals surface area contributed by atoms with Crippen molar-refractivity contribution in [1.82, 2.24) is 5.32 Å². The van der Waals surface area contributed by atoms with Crippen LogP contribution in [0.1, 0.15) is 11.5 Å².